The van der Waals surface area contributed by atoms with E-state index < -0.39 is 0 Å². The Morgan fingerprint density at radius 2 is 1.26 bits per heavy atom. The number of carbonyl (C=O) groups excluding carboxylic acids is 1. The lowest BCUT2D eigenvalue weighted by molar-refractivity contribution is 0.0529. The molecule has 2 aromatic carbocycles. The van der Waals surface area contributed by atoms with Gasteiger partial charge in [-0.3, -0.25) is 9.97 Å². The largest absolute Gasteiger partial charge is 0.462 e. The summed E-state index contributed by atoms with van der Waals surface area (Å²) in [6, 6.07) is 27.7. The molecule has 7 rings (SSSR count). The van der Waals surface area contributed by atoms with Crippen LogP contribution in [0.1, 0.15) is 78.9 Å². The molecule has 0 unspecified atom stereocenters. The molecule has 0 saturated carbocycles. The Balaban J connectivity index is 1.61. The van der Waals surface area contributed by atoms with E-state index in [-0.39, 0.29) is 23.4 Å². The summed E-state index contributed by atoms with van der Waals surface area (Å²) >= 11 is 0. The summed E-state index contributed by atoms with van der Waals surface area (Å²) in [4.78, 5) is 31.5. The summed E-state index contributed by atoms with van der Waals surface area (Å²) in [5, 5.41) is 0. The van der Waals surface area contributed by atoms with Gasteiger partial charge in [0.25, 0.3) is 0 Å². The van der Waals surface area contributed by atoms with Gasteiger partial charge in [0.15, 0.2) is 0 Å². The number of nitrogens with zero attached hydrogens (tertiary/aromatic N) is 2. The van der Waals surface area contributed by atoms with Crippen LogP contribution in [0.25, 0.3) is 44.3 Å². The van der Waals surface area contributed by atoms with Crippen LogP contribution < -0.4 is 0 Å². The first kappa shape index (κ1) is 30.7. The molecule has 5 aromatic rings. The minimum absolute atomic E-state index is 0.215. The number of aromatic amines is 2. The molecule has 6 nitrogen and oxygen atoms in total. The van der Waals surface area contributed by atoms with Crippen molar-refractivity contribution in [2.45, 2.75) is 72.1 Å². The smallest absolute Gasteiger partial charge is 0.340 e. The van der Waals surface area contributed by atoms with E-state index in [9.17, 15) is 4.79 Å². The van der Waals surface area contributed by atoms with Crippen LogP contribution >= 0.6 is 0 Å². The highest BCUT2D eigenvalue weighted by Crippen LogP contribution is 2.38. The monoisotopic (exact) mass is 622 g/mol. The molecule has 0 radical (unpaired) electrons. The first-order valence-corrected chi connectivity index (χ1v) is 16.5. The van der Waals surface area contributed by atoms with E-state index in [1.165, 1.54) is 5.56 Å². The lowest BCUT2D eigenvalue weighted by Gasteiger charge is -2.16. The number of aromatic nitrogens is 4. The maximum Gasteiger partial charge on any atom is 0.340 e. The SMILES string of the molecule is CCOC(=O)c1c(-c2ccc(C)cc2)c2cc3nc(cc4cc(-c5ccc(C)cc5)c(cc5nc(cc1[nH]2)CC5(C)C)[nH]4)CC3(C)C. The third-order valence-corrected chi connectivity index (χ3v) is 9.47. The van der Waals surface area contributed by atoms with Crippen molar-refractivity contribution in [3.05, 3.63) is 118 Å². The van der Waals surface area contributed by atoms with Gasteiger partial charge in [0.1, 0.15) is 0 Å². The van der Waals surface area contributed by atoms with E-state index >= 15 is 0 Å². The summed E-state index contributed by atoms with van der Waals surface area (Å²) in [5.74, 6) is -0.355. The molecule has 0 amide bonds. The number of aryl methyl sites for hydroxylation is 2. The van der Waals surface area contributed by atoms with E-state index in [1.807, 2.05) is 13.0 Å². The number of nitrogens with one attached hydrogen (secondary N) is 2. The molecule has 238 valence electrons. The molecule has 6 heteroatoms. The van der Waals surface area contributed by atoms with Gasteiger partial charge in [-0.15, -0.1) is 0 Å². The van der Waals surface area contributed by atoms with Crippen molar-refractivity contribution >= 4 is 28.0 Å². The Morgan fingerprint density at radius 3 is 1.85 bits per heavy atom. The van der Waals surface area contributed by atoms with Crippen molar-refractivity contribution in [1.82, 2.24) is 19.9 Å². The molecule has 0 aliphatic carbocycles. The molecule has 0 atom stereocenters. The highest BCUT2D eigenvalue weighted by molar-refractivity contribution is 6.09. The zero-order valence-corrected chi connectivity index (χ0v) is 28.3. The summed E-state index contributed by atoms with van der Waals surface area (Å²) in [7, 11) is 0. The van der Waals surface area contributed by atoms with E-state index in [1.54, 1.807) is 0 Å². The number of esters is 1. The second-order valence-electron chi connectivity index (χ2n) is 14.4. The van der Waals surface area contributed by atoms with E-state index in [0.717, 1.165) is 80.0 Å². The van der Waals surface area contributed by atoms with Gasteiger partial charge < -0.3 is 14.7 Å². The van der Waals surface area contributed by atoms with Gasteiger partial charge in [0.2, 0.25) is 0 Å². The van der Waals surface area contributed by atoms with Crippen LogP contribution in [0, 0.1) is 13.8 Å². The number of carbonyl (C=O) groups is 1. The average molecular weight is 623 g/mol. The third-order valence-electron chi connectivity index (χ3n) is 9.47. The fourth-order valence-electron chi connectivity index (χ4n) is 6.87. The van der Waals surface area contributed by atoms with Gasteiger partial charge in [-0.25, -0.2) is 4.79 Å². The zero-order chi connectivity index (χ0) is 33.1. The number of hydrogen-bond acceptors (Lipinski definition) is 4. The number of fused-ring (bicyclic) bond motifs is 8. The van der Waals surface area contributed by atoms with Crippen LogP contribution in [-0.2, 0) is 28.4 Å². The highest BCUT2D eigenvalue weighted by atomic mass is 16.5. The van der Waals surface area contributed by atoms with Crippen LogP contribution in [0.3, 0.4) is 0 Å². The predicted molar refractivity (Wildman–Crippen MR) is 191 cm³/mol. The first-order chi connectivity index (χ1) is 22.4. The molecule has 2 N–H and O–H groups in total. The van der Waals surface area contributed by atoms with Gasteiger partial charge >= 0.3 is 5.97 Å². The molecule has 8 bridgehead atoms. The molecule has 2 aliphatic heterocycles. The normalized spacial score (nSPS) is 15.0. The molecule has 3 aromatic heterocycles. The number of ether oxygens (including phenoxy) is 1. The van der Waals surface area contributed by atoms with Crippen molar-refractivity contribution in [3.8, 4) is 22.3 Å². The van der Waals surface area contributed by atoms with E-state index in [0.29, 0.717) is 11.1 Å². The molecule has 2 aliphatic rings. The summed E-state index contributed by atoms with van der Waals surface area (Å²) in [5.41, 5.74) is 13.9. The molecule has 47 heavy (non-hydrogen) atoms. The lowest BCUT2D eigenvalue weighted by atomic mass is 9.86. The fourth-order valence-corrected chi connectivity index (χ4v) is 6.87. The minimum atomic E-state index is -0.355. The van der Waals surface area contributed by atoms with Crippen LogP contribution in [0.4, 0.5) is 0 Å². The van der Waals surface area contributed by atoms with Gasteiger partial charge in [-0.1, -0.05) is 87.4 Å². The molecule has 0 spiro atoms. The standard InChI is InChI=1S/C41H42N4O2/c1-8-47-39(46)38-33-19-30-23-41(6,7)35(44-30)20-32-31(26-13-9-24(2)10-14-26)18-28(42-32)17-29-22-40(4,5)36(43-29)21-34(45-33)37(38)27-15-11-25(3)12-16-27/h9-21,42,45H,8,22-23H2,1-7H3. The Bertz CT molecular complexity index is 2180. The number of H-pyrrole nitrogens is 2. The summed E-state index contributed by atoms with van der Waals surface area (Å²) in [6.45, 7) is 15.2. The van der Waals surface area contributed by atoms with Crippen LogP contribution in [0.15, 0.2) is 78.9 Å². The molecular formula is C41H42N4O2. The van der Waals surface area contributed by atoms with Crippen LogP contribution in [-0.4, -0.2) is 32.5 Å². The second kappa shape index (κ2) is 11.4. The van der Waals surface area contributed by atoms with E-state index in [2.05, 4.69) is 124 Å². The zero-order valence-electron chi connectivity index (χ0n) is 28.3. The topological polar surface area (TPSA) is 83.7 Å². The Hall–Kier alpha value is -4.97. The van der Waals surface area contributed by atoms with Crippen molar-refractivity contribution in [2.75, 3.05) is 6.61 Å². The summed E-state index contributed by atoms with van der Waals surface area (Å²) in [6.07, 6.45) is 1.52. The molecule has 5 heterocycles. The molecular weight excluding hydrogens is 580 g/mol. The fraction of sp³-hybridized carbons (Fsp3) is 0.293. The van der Waals surface area contributed by atoms with Crippen LogP contribution in [0.5, 0.6) is 0 Å². The molecule has 0 fully saturated rings. The van der Waals surface area contributed by atoms with Gasteiger partial charge in [0.05, 0.1) is 17.7 Å². The van der Waals surface area contributed by atoms with Crippen molar-refractivity contribution < 1.29 is 9.53 Å². The number of benzene rings is 2. The maximum absolute atomic E-state index is 13.8. The Kier molecular flexibility index (Phi) is 7.42. The lowest BCUT2D eigenvalue weighted by Crippen LogP contribution is -2.15. The van der Waals surface area contributed by atoms with Gasteiger partial charge in [-0.2, -0.15) is 0 Å². The van der Waals surface area contributed by atoms with Gasteiger partial charge in [0, 0.05) is 74.1 Å². The van der Waals surface area contributed by atoms with E-state index in [4.69, 9.17) is 14.7 Å². The average Bonchev–Trinajstić information content (AvgIpc) is 3.72. The van der Waals surface area contributed by atoms with Gasteiger partial charge in [-0.05, 0) is 62.2 Å². The third kappa shape index (κ3) is 5.78. The minimum Gasteiger partial charge on any atom is -0.462 e. The highest BCUT2D eigenvalue weighted by Gasteiger charge is 2.31. The quantitative estimate of drug-likeness (QED) is 0.196. The van der Waals surface area contributed by atoms with Crippen molar-refractivity contribution in [3.63, 3.8) is 0 Å². The Morgan fingerprint density at radius 1 is 0.702 bits per heavy atom. The Labute approximate surface area is 276 Å². The number of rotatable bonds is 4. The molecule has 0 saturated heterocycles. The second-order valence-corrected chi connectivity index (χ2v) is 14.4. The van der Waals surface area contributed by atoms with Crippen molar-refractivity contribution in [1.29, 1.82) is 0 Å². The first-order valence-electron chi connectivity index (χ1n) is 16.5. The predicted octanol–water partition coefficient (Wildman–Crippen LogP) is 9.48. The summed E-state index contributed by atoms with van der Waals surface area (Å²) < 4.78 is 5.68. The van der Waals surface area contributed by atoms with Crippen molar-refractivity contribution in [2.24, 2.45) is 0 Å². The maximum atomic E-state index is 13.8. The number of hydrogen-bond donors (Lipinski definition) is 2. The van der Waals surface area contributed by atoms with Crippen LogP contribution in [0.2, 0.25) is 0 Å².